The molecule has 8 heteroatoms. The minimum Gasteiger partial charge on any atom is -0.322 e. The molecule has 28 heavy (non-hydrogen) atoms. The van der Waals surface area contributed by atoms with Crippen LogP contribution in [0.25, 0.3) is 0 Å². The van der Waals surface area contributed by atoms with E-state index in [0.29, 0.717) is 5.56 Å². The summed E-state index contributed by atoms with van der Waals surface area (Å²) in [5, 5.41) is 11.3. The molecule has 0 aromatic heterocycles. The van der Waals surface area contributed by atoms with Gasteiger partial charge in [0, 0.05) is 6.07 Å². The van der Waals surface area contributed by atoms with Gasteiger partial charge in [-0.1, -0.05) is 72.8 Å². The third kappa shape index (κ3) is 4.25. The van der Waals surface area contributed by atoms with Crippen molar-refractivity contribution >= 4 is 15.7 Å². The lowest BCUT2D eigenvalue weighted by atomic mass is 9.95. The van der Waals surface area contributed by atoms with Gasteiger partial charge in [0.15, 0.2) is 4.90 Å². The number of nitro benzene ring substituents is 1. The summed E-state index contributed by atoms with van der Waals surface area (Å²) in [7, 11) is -4.21. The van der Waals surface area contributed by atoms with Crippen LogP contribution < -0.4 is 10.5 Å². The molecule has 0 amide bonds. The second-order valence-corrected chi connectivity index (χ2v) is 7.85. The smallest absolute Gasteiger partial charge is 0.289 e. The van der Waals surface area contributed by atoms with Gasteiger partial charge in [0.2, 0.25) is 10.0 Å². The first kappa shape index (κ1) is 19.7. The second-order valence-electron chi connectivity index (χ2n) is 6.17. The summed E-state index contributed by atoms with van der Waals surface area (Å²) >= 11 is 0. The molecule has 3 N–H and O–H groups in total. The van der Waals surface area contributed by atoms with Crippen LogP contribution in [-0.4, -0.2) is 13.3 Å². The second kappa shape index (κ2) is 8.30. The average molecular weight is 397 g/mol. The van der Waals surface area contributed by atoms with E-state index in [0.717, 1.165) is 11.6 Å². The van der Waals surface area contributed by atoms with Crippen LogP contribution in [0.2, 0.25) is 0 Å². The molecule has 3 rings (SSSR count). The fourth-order valence-electron chi connectivity index (χ4n) is 2.94. The molecule has 0 aliphatic heterocycles. The van der Waals surface area contributed by atoms with Crippen LogP contribution in [0.3, 0.4) is 0 Å². The van der Waals surface area contributed by atoms with Crippen molar-refractivity contribution in [3.05, 3.63) is 106 Å². The highest BCUT2D eigenvalue weighted by Gasteiger charge is 2.31. The normalized spacial score (nSPS) is 13.6. The van der Waals surface area contributed by atoms with Crippen molar-refractivity contribution in [2.24, 2.45) is 5.73 Å². The van der Waals surface area contributed by atoms with E-state index in [4.69, 9.17) is 5.73 Å². The van der Waals surface area contributed by atoms with Gasteiger partial charge >= 0.3 is 0 Å². The topological polar surface area (TPSA) is 115 Å². The van der Waals surface area contributed by atoms with Crippen LogP contribution in [0.1, 0.15) is 23.2 Å². The molecule has 0 saturated carbocycles. The van der Waals surface area contributed by atoms with E-state index in [9.17, 15) is 18.5 Å². The molecule has 0 aliphatic rings. The number of hydrogen-bond donors (Lipinski definition) is 2. The molecule has 0 heterocycles. The summed E-state index contributed by atoms with van der Waals surface area (Å²) in [6, 6.07) is 21.7. The number of sulfonamides is 1. The Kier molecular flexibility index (Phi) is 5.84. The highest BCUT2D eigenvalue weighted by molar-refractivity contribution is 7.89. The molecular weight excluding hydrogens is 378 g/mol. The summed E-state index contributed by atoms with van der Waals surface area (Å²) in [6.45, 7) is 0. The lowest BCUT2D eigenvalue weighted by Crippen LogP contribution is -2.36. The Morgan fingerprint density at radius 2 is 1.32 bits per heavy atom. The Morgan fingerprint density at radius 3 is 1.89 bits per heavy atom. The molecule has 3 aromatic carbocycles. The SMILES string of the molecule is N[C@H](c1ccccc1)[C@H](NS(=O)(=O)c1ccccc1[N+](=O)[O-])c1ccccc1. The fraction of sp³-hybridized carbons (Fsp3) is 0.100. The first-order valence-electron chi connectivity index (χ1n) is 8.51. The van der Waals surface area contributed by atoms with Crippen LogP contribution in [0.4, 0.5) is 5.69 Å². The van der Waals surface area contributed by atoms with Gasteiger partial charge < -0.3 is 5.73 Å². The van der Waals surface area contributed by atoms with Crippen molar-refractivity contribution in [1.29, 1.82) is 0 Å². The Morgan fingerprint density at radius 1 is 0.821 bits per heavy atom. The molecule has 7 nitrogen and oxygen atoms in total. The third-order valence-electron chi connectivity index (χ3n) is 4.34. The summed E-state index contributed by atoms with van der Waals surface area (Å²) in [5.74, 6) is 0. The zero-order valence-corrected chi connectivity index (χ0v) is 15.6. The zero-order valence-electron chi connectivity index (χ0n) is 14.8. The van der Waals surface area contributed by atoms with Gasteiger partial charge in [0.05, 0.1) is 17.0 Å². The molecule has 0 spiro atoms. The van der Waals surface area contributed by atoms with E-state index in [1.54, 1.807) is 36.4 Å². The molecule has 0 saturated heterocycles. The van der Waals surface area contributed by atoms with Crippen LogP contribution >= 0.6 is 0 Å². The molecule has 3 aromatic rings. The van der Waals surface area contributed by atoms with Crippen molar-refractivity contribution in [2.75, 3.05) is 0 Å². The van der Waals surface area contributed by atoms with E-state index in [-0.39, 0.29) is 0 Å². The van der Waals surface area contributed by atoms with Gasteiger partial charge in [-0.25, -0.2) is 13.1 Å². The number of rotatable bonds is 7. The predicted molar refractivity (Wildman–Crippen MR) is 106 cm³/mol. The molecule has 0 unspecified atom stereocenters. The van der Waals surface area contributed by atoms with Crippen molar-refractivity contribution in [2.45, 2.75) is 17.0 Å². The van der Waals surface area contributed by atoms with Crippen LogP contribution in [-0.2, 0) is 10.0 Å². The summed E-state index contributed by atoms with van der Waals surface area (Å²) < 4.78 is 28.6. The van der Waals surface area contributed by atoms with Gasteiger partial charge in [-0.2, -0.15) is 0 Å². The summed E-state index contributed by atoms with van der Waals surface area (Å²) in [5.41, 5.74) is 7.29. The standard InChI is InChI=1S/C20H19N3O4S/c21-19(15-9-3-1-4-10-15)20(16-11-5-2-6-12-16)22-28(26,27)18-14-8-7-13-17(18)23(24)25/h1-14,19-20,22H,21H2/t19-,20-/m1/s1. The third-order valence-corrected chi connectivity index (χ3v) is 5.82. The number of nitrogens with two attached hydrogens (primary N) is 1. The van der Waals surface area contributed by atoms with Gasteiger partial charge in [-0.05, 0) is 17.2 Å². The van der Waals surface area contributed by atoms with E-state index in [2.05, 4.69) is 4.72 Å². The van der Waals surface area contributed by atoms with E-state index >= 15 is 0 Å². The first-order chi connectivity index (χ1) is 13.4. The van der Waals surface area contributed by atoms with Crippen LogP contribution in [0.15, 0.2) is 89.8 Å². The number of nitrogens with one attached hydrogen (secondary N) is 1. The number of nitro groups is 1. The largest absolute Gasteiger partial charge is 0.322 e. The van der Waals surface area contributed by atoms with Crippen LogP contribution in [0, 0.1) is 10.1 Å². The molecular formula is C20H19N3O4S. The average Bonchev–Trinajstić information content (AvgIpc) is 2.73. The Labute approximate surface area is 163 Å². The van der Waals surface area contributed by atoms with Gasteiger partial charge in [0.1, 0.15) is 0 Å². The fourth-order valence-corrected chi connectivity index (χ4v) is 4.36. The molecule has 0 aliphatic carbocycles. The van der Waals surface area contributed by atoms with Gasteiger partial charge in [-0.15, -0.1) is 0 Å². The Bertz CT molecular complexity index is 1060. The predicted octanol–water partition coefficient (Wildman–Crippen LogP) is 3.31. The number of hydrogen-bond acceptors (Lipinski definition) is 5. The van der Waals surface area contributed by atoms with Crippen molar-refractivity contribution in [3.63, 3.8) is 0 Å². The van der Waals surface area contributed by atoms with E-state index in [1.807, 2.05) is 24.3 Å². The zero-order chi connectivity index (χ0) is 20.1. The maximum atomic E-state index is 13.0. The lowest BCUT2D eigenvalue weighted by Gasteiger charge is -2.26. The highest BCUT2D eigenvalue weighted by Crippen LogP contribution is 2.30. The quantitative estimate of drug-likeness (QED) is 0.469. The Balaban J connectivity index is 2.04. The number of benzene rings is 3. The molecule has 0 bridgehead atoms. The maximum Gasteiger partial charge on any atom is 0.289 e. The maximum absolute atomic E-state index is 13.0. The van der Waals surface area contributed by atoms with Crippen molar-refractivity contribution in [3.8, 4) is 0 Å². The van der Waals surface area contributed by atoms with Gasteiger partial charge in [-0.3, -0.25) is 10.1 Å². The van der Waals surface area contributed by atoms with Crippen LogP contribution in [0.5, 0.6) is 0 Å². The lowest BCUT2D eigenvalue weighted by molar-refractivity contribution is -0.387. The molecule has 0 radical (unpaired) electrons. The molecule has 144 valence electrons. The molecule has 2 atom stereocenters. The highest BCUT2D eigenvalue weighted by atomic mass is 32.2. The minimum absolute atomic E-state index is 0.402. The van der Waals surface area contributed by atoms with E-state index < -0.39 is 37.6 Å². The first-order valence-corrected chi connectivity index (χ1v) is 9.99. The van der Waals surface area contributed by atoms with Gasteiger partial charge in [0.25, 0.3) is 5.69 Å². The monoisotopic (exact) mass is 397 g/mol. The summed E-state index contributed by atoms with van der Waals surface area (Å²) in [6.07, 6.45) is 0. The van der Waals surface area contributed by atoms with Crippen molar-refractivity contribution in [1.82, 2.24) is 4.72 Å². The Hall–Kier alpha value is -3.07. The van der Waals surface area contributed by atoms with Crippen molar-refractivity contribution < 1.29 is 13.3 Å². The molecule has 0 fully saturated rings. The summed E-state index contributed by atoms with van der Waals surface area (Å²) in [4.78, 5) is 10.1. The van der Waals surface area contributed by atoms with E-state index in [1.165, 1.54) is 18.2 Å². The minimum atomic E-state index is -4.21. The number of para-hydroxylation sites is 1. The number of nitrogens with zero attached hydrogens (tertiary/aromatic N) is 1.